The Morgan fingerprint density at radius 2 is 1.73 bits per heavy atom. The van der Waals surface area contributed by atoms with Gasteiger partial charge >= 0.3 is 0 Å². The monoisotopic (exact) mass is 454 g/mol. The van der Waals surface area contributed by atoms with E-state index in [1.54, 1.807) is 18.2 Å². The standard InChI is InChI=1S/C28H42N2O3/c1-2-15-29(19-14-23-9-7-11-26(31)21-23)16-5-3-4-6-17-30-18-8-10-25(30)20-24-12-13-27(32)28(33)22-24/h7,9,11-13,21-22,25,31-33H,2-6,8,10,14-20H2,1H3. The first-order chi connectivity index (χ1) is 16.0. The molecule has 33 heavy (non-hydrogen) atoms. The Labute approximate surface area is 199 Å². The van der Waals surface area contributed by atoms with E-state index >= 15 is 0 Å². The molecule has 1 saturated heterocycles. The van der Waals surface area contributed by atoms with Crippen molar-refractivity contribution in [3.05, 3.63) is 53.6 Å². The summed E-state index contributed by atoms with van der Waals surface area (Å²) >= 11 is 0. The molecule has 0 aromatic heterocycles. The van der Waals surface area contributed by atoms with Crippen molar-refractivity contribution in [1.29, 1.82) is 0 Å². The first-order valence-corrected chi connectivity index (χ1v) is 12.8. The summed E-state index contributed by atoms with van der Waals surface area (Å²) in [6.07, 6.45) is 10.6. The molecule has 1 heterocycles. The molecule has 0 spiro atoms. The van der Waals surface area contributed by atoms with Gasteiger partial charge in [-0.3, -0.25) is 0 Å². The number of unbranched alkanes of at least 4 members (excludes halogenated alkanes) is 3. The molecule has 1 fully saturated rings. The van der Waals surface area contributed by atoms with Crippen molar-refractivity contribution in [2.75, 3.05) is 32.7 Å². The van der Waals surface area contributed by atoms with E-state index in [4.69, 9.17) is 0 Å². The predicted octanol–water partition coefficient (Wildman–Crippen LogP) is 5.33. The van der Waals surface area contributed by atoms with Crippen molar-refractivity contribution in [3.8, 4) is 17.2 Å². The Morgan fingerprint density at radius 1 is 0.879 bits per heavy atom. The number of hydrogen-bond acceptors (Lipinski definition) is 5. The lowest BCUT2D eigenvalue weighted by molar-refractivity contribution is 0.242. The molecule has 2 aromatic rings. The topological polar surface area (TPSA) is 67.2 Å². The van der Waals surface area contributed by atoms with E-state index in [0.717, 1.165) is 44.6 Å². The van der Waals surface area contributed by atoms with E-state index in [0.29, 0.717) is 11.8 Å². The summed E-state index contributed by atoms with van der Waals surface area (Å²) in [5.41, 5.74) is 2.31. The van der Waals surface area contributed by atoms with Gasteiger partial charge in [0.25, 0.3) is 0 Å². The number of hydrogen-bond donors (Lipinski definition) is 3. The van der Waals surface area contributed by atoms with E-state index in [2.05, 4.69) is 22.8 Å². The van der Waals surface area contributed by atoms with Crippen LogP contribution in [0.4, 0.5) is 0 Å². The van der Waals surface area contributed by atoms with Gasteiger partial charge < -0.3 is 25.1 Å². The Hall–Kier alpha value is -2.24. The number of phenolic OH excluding ortho intramolecular Hbond substituents is 3. The van der Waals surface area contributed by atoms with Crippen LogP contribution in [0.3, 0.4) is 0 Å². The maximum absolute atomic E-state index is 9.76. The van der Waals surface area contributed by atoms with E-state index in [-0.39, 0.29) is 11.5 Å². The van der Waals surface area contributed by atoms with Crippen LogP contribution < -0.4 is 0 Å². The van der Waals surface area contributed by atoms with Crippen LogP contribution in [-0.2, 0) is 12.8 Å². The summed E-state index contributed by atoms with van der Waals surface area (Å²) in [6, 6.07) is 13.4. The smallest absolute Gasteiger partial charge is 0.157 e. The van der Waals surface area contributed by atoms with Crippen LogP contribution >= 0.6 is 0 Å². The zero-order chi connectivity index (χ0) is 23.5. The van der Waals surface area contributed by atoms with Gasteiger partial charge in [0.15, 0.2) is 11.5 Å². The SMILES string of the molecule is CCCN(CCCCCCN1CCCC1Cc1ccc(O)c(O)c1)CCc1cccc(O)c1. The second kappa shape index (κ2) is 13.5. The number of phenols is 3. The summed E-state index contributed by atoms with van der Waals surface area (Å²) in [5.74, 6) is 0.297. The van der Waals surface area contributed by atoms with Gasteiger partial charge in [0.2, 0.25) is 0 Å². The molecule has 0 radical (unpaired) electrons. The number of nitrogens with zero attached hydrogens (tertiary/aromatic N) is 2. The van der Waals surface area contributed by atoms with Crippen molar-refractivity contribution in [2.24, 2.45) is 0 Å². The molecule has 2 aromatic carbocycles. The Kier molecular flexibility index (Phi) is 10.4. The Bertz CT molecular complexity index is 842. The highest BCUT2D eigenvalue weighted by molar-refractivity contribution is 5.40. The first-order valence-electron chi connectivity index (χ1n) is 12.8. The molecule has 0 saturated carbocycles. The summed E-state index contributed by atoms with van der Waals surface area (Å²) in [4.78, 5) is 5.18. The zero-order valence-corrected chi connectivity index (χ0v) is 20.3. The number of aromatic hydroxyl groups is 3. The normalized spacial score (nSPS) is 16.6. The average Bonchev–Trinajstić information content (AvgIpc) is 3.23. The van der Waals surface area contributed by atoms with Gasteiger partial charge in [-0.2, -0.15) is 0 Å². The van der Waals surface area contributed by atoms with Gasteiger partial charge in [0, 0.05) is 12.6 Å². The summed E-state index contributed by atoms with van der Waals surface area (Å²) < 4.78 is 0. The molecular formula is C28H42N2O3. The minimum Gasteiger partial charge on any atom is -0.508 e. The third kappa shape index (κ3) is 8.56. The molecule has 5 nitrogen and oxygen atoms in total. The van der Waals surface area contributed by atoms with Gasteiger partial charge in [-0.25, -0.2) is 0 Å². The molecule has 1 atom stereocenters. The van der Waals surface area contributed by atoms with Gasteiger partial charge in [0.05, 0.1) is 0 Å². The molecule has 0 bridgehead atoms. The number of benzene rings is 2. The fourth-order valence-corrected chi connectivity index (χ4v) is 5.04. The van der Waals surface area contributed by atoms with Gasteiger partial charge in [-0.15, -0.1) is 0 Å². The van der Waals surface area contributed by atoms with Crippen molar-refractivity contribution in [1.82, 2.24) is 9.80 Å². The minimum atomic E-state index is -0.0427. The zero-order valence-electron chi connectivity index (χ0n) is 20.3. The summed E-state index contributed by atoms with van der Waals surface area (Å²) in [6.45, 7) is 7.93. The van der Waals surface area contributed by atoms with Gasteiger partial charge in [-0.1, -0.05) is 38.0 Å². The Morgan fingerprint density at radius 3 is 2.52 bits per heavy atom. The molecule has 3 N–H and O–H groups in total. The van der Waals surface area contributed by atoms with E-state index in [9.17, 15) is 15.3 Å². The van der Waals surface area contributed by atoms with Crippen molar-refractivity contribution < 1.29 is 15.3 Å². The van der Waals surface area contributed by atoms with Crippen LogP contribution in [0.25, 0.3) is 0 Å². The van der Waals surface area contributed by atoms with Crippen LogP contribution in [0.2, 0.25) is 0 Å². The molecule has 1 aliphatic rings. The molecule has 3 rings (SSSR count). The predicted molar refractivity (Wildman–Crippen MR) is 135 cm³/mol. The van der Waals surface area contributed by atoms with E-state index in [1.807, 2.05) is 18.2 Å². The van der Waals surface area contributed by atoms with E-state index < -0.39 is 0 Å². The maximum Gasteiger partial charge on any atom is 0.157 e. The van der Waals surface area contributed by atoms with Crippen molar-refractivity contribution >= 4 is 0 Å². The summed E-state index contributed by atoms with van der Waals surface area (Å²) in [7, 11) is 0. The van der Waals surface area contributed by atoms with E-state index in [1.165, 1.54) is 57.1 Å². The maximum atomic E-state index is 9.76. The highest BCUT2D eigenvalue weighted by Crippen LogP contribution is 2.28. The van der Waals surface area contributed by atoms with Crippen LogP contribution in [0, 0.1) is 0 Å². The molecular weight excluding hydrogens is 412 g/mol. The molecule has 0 aliphatic carbocycles. The quantitative estimate of drug-likeness (QED) is 0.266. The highest BCUT2D eigenvalue weighted by atomic mass is 16.3. The minimum absolute atomic E-state index is 0.0175. The fraction of sp³-hybridized carbons (Fsp3) is 0.571. The first kappa shape index (κ1) is 25.4. The Balaban J connectivity index is 1.31. The third-order valence-electron chi connectivity index (χ3n) is 6.85. The lowest BCUT2D eigenvalue weighted by atomic mass is 10.0. The van der Waals surface area contributed by atoms with Crippen LogP contribution in [0.5, 0.6) is 17.2 Å². The fourth-order valence-electron chi connectivity index (χ4n) is 5.04. The third-order valence-corrected chi connectivity index (χ3v) is 6.85. The largest absolute Gasteiger partial charge is 0.508 e. The van der Waals surface area contributed by atoms with Crippen molar-refractivity contribution in [3.63, 3.8) is 0 Å². The molecule has 182 valence electrons. The number of rotatable bonds is 14. The van der Waals surface area contributed by atoms with Gasteiger partial charge in [0.1, 0.15) is 5.75 Å². The second-order valence-electron chi connectivity index (χ2n) is 9.53. The van der Waals surface area contributed by atoms with Crippen LogP contribution in [-0.4, -0.2) is 63.9 Å². The molecule has 0 amide bonds. The molecule has 5 heteroatoms. The number of likely N-dealkylation sites (tertiary alicyclic amines) is 1. The van der Waals surface area contributed by atoms with Gasteiger partial charge in [-0.05, 0) is 107 Å². The lowest BCUT2D eigenvalue weighted by Gasteiger charge is -2.25. The average molecular weight is 455 g/mol. The molecule has 1 aliphatic heterocycles. The van der Waals surface area contributed by atoms with Crippen LogP contribution in [0.1, 0.15) is 63.0 Å². The van der Waals surface area contributed by atoms with Crippen molar-refractivity contribution in [2.45, 2.75) is 70.8 Å². The lowest BCUT2D eigenvalue weighted by Crippen LogP contribution is -2.32. The summed E-state index contributed by atoms with van der Waals surface area (Å²) in [5, 5.41) is 28.9. The van der Waals surface area contributed by atoms with Crippen LogP contribution in [0.15, 0.2) is 42.5 Å². The second-order valence-corrected chi connectivity index (χ2v) is 9.53. The molecule has 1 unspecified atom stereocenters. The highest BCUT2D eigenvalue weighted by Gasteiger charge is 2.24.